The van der Waals surface area contributed by atoms with Crippen molar-refractivity contribution in [1.82, 2.24) is 19.9 Å². The van der Waals surface area contributed by atoms with Crippen molar-refractivity contribution in [2.24, 2.45) is 7.05 Å². The van der Waals surface area contributed by atoms with Crippen molar-refractivity contribution in [2.45, 2.75) is 6.42 Å². The van der Waals surface area contributed by atoms with Gasteiger partial charge < -0.3 is 15.6 Å². The smallest absolute Gasteiger partial charge is 0.269 e. The van der Waals surface area contributed by atoms with Crippen molar-refractivity contribution in [3.8, 4) is 0 Å². The summed E-state index contributed by atoms with van der Waals surface area (Å²) in [6, 6.07) is 5.60. The predicted molar refractivity (Wildman–Crippen MR) is 83.3 cm³/mol. The van der Waals surface area contributed by atoms with Gasteiger partial charge in [-0.15, -0.1) is 11.3 Å². The number of aromatic nitrogens is 3. The van der Waals surface area contributed by atoms with Gasteiger partial charge in [0.25, 0.3) is 5.91 Å². The summed E-state index contributed by atoms with van der Waals surface area (Å²) in [4.78, 5) is 20.6. The zero-order valence-electron chi connectivity index (χ0n) is 11.5. The van der Waals surface area contributed by atoms with Gasteiger partial charge in [0.1, 0.15) is 11.3 Å². The van der Waals surface area contributed by atoms with E-state index in [0.29, 0.717) is 23.8 Å². The molecule has 1 amide bonds. The molecule has 3 heterocycles. The van der Waals surface area contributed by atoms with Crippen LogP contribution in [0.1, 0.15) is 16.2 Å². The van der Waals surface area contributed by atoms with Gasteiger partial charge in [0, 0.05) is 37.0 Å². The van der Waals surface area contributed by atoms with Crippen LogP contribution in [0.3, 0.4) is 0 Å². The van der Waals surface area contributed by atoms with Crippen LogP contribution in [0.5, 0.6) is 0 Å². The lowest BCUT2D eigenvalue weighted by molar-refractivity contribution is 0.0949. The third-order valence-corrected chi connectivity index (χ3v) is 3.91. The summed E-state index contributed by atoms with van der Waals surface area (Å²) in [5.74, 6) is -0.179. The Hall–Kier alpha value is -2.41. The third kappa shape index (κ3) is 2.87. The van der Waals surface area contributed by atoms with Crippen LogP contribution in [0.4, 0.5) is 5.13 Å². The SMILES string of the molecule is Cn1ccc2ccc(C(=O)NCCc3csc(N)n3)nc21. The summed E-state index contributed by atoms with van der Waals surface area (Å²) in [5, 5.41) is 6.31. The average Bonchev–Trinajstić information content (AvgIpc) is 3.05. The molecule has 0 radical (unpaired) electrons. The summed E-state index contributed by atoms with van der Waals surface area (Å²) in [6.07, 6.45) is 2.58. The van der Waals surface area contributed by atoms with Crippen molar-refractivity contribution in [3.63, 3.8) is 0 Å². The molecule has 21 heavy (non-hydrogen) atoms. The maximum Gasteiger partial charge on any atom is 0.269 e. The standard InChI is InChI=1S/C14H15N5OS/c1-19-7-5-9-2-3-11(18-12(9)19)13(20)16-6-4-10-8-21-14(15)17-10/h2-3,5,7-8H,4,6H2,1H3,(H2,15,17)(H,16,20). The average molecular weight is 301 g/mol. The molecule has 0 bridgehead atoms. The highest BCUT2D eigenvalue weighted by Crippen LogP contribution is 2.13. The first-order chi connectivity index (χ1) is 10.1. The van der Waals surface area contributed by atoms with Crippen molar-refractivity contribution in [2.75, 3.05) is 12.3 Å². The fraction of sp³-hybridized carbons (Fsp3) is 0.214. The Bertz CT molecular complexity index is 792. The Kier molecular flexibility index (Phi) is 3.57. The minimum atomic E-state index is -0.179. The number of aryl methyl sites for hydroxylation is 1. The number of carbonyl (C=O) groups is 1. The zero-order chi connectivity index (χ0) is 14.8. The lowest BCUT2D eigenvalue weighted by Crippen LogP contribution is -2.26. The van der Waals surface area contributed by atoms with E-state index in [4.69, 9.17) is 5.73 Å². The van der Waals surface area contributed by atoms with Gasteiger partial charge in [0.2, 0.25) is 0 Å². The van der Waals surface area contributed by atoms with Crippen LogP contribution in [0.25, 0.3) is 11.0 Å². The number of amides is 1. The zero-order valence-corrected chi connectivity index (χ0v) is 12.4. The van der Waals surface area contributed by atoms with Crippen LogP contribution in [-0.4, -0.2) is 27.0 Å². The van der Waals surface area contributed by atoms with Gasteiger partial charge in [-0.3, -0.25) is 4.79 Å². The Morgan fingerprint density at radius 2 is 2.24 bits per heavy atom. The van der Waals surface area contributed by atoms with Gasteiger partial charge in [0.15, 0.2) is 5.13 Å². The first-order valence-corrected chi connectivity index (χ1v) is 7.41. The summed E-state index contributed by atoms with van der Waals surface area (Å²) in [7, 11) is 1.91. The molecule has 0 fully saturated rings. The van der Waals surface area contributed by atoms with E-state index >= 15 is 0 Å². The highest BCUT2D eigenvalue weighted by molar-refractivity contribution is 7.13. The second kappa shape index (κ2) is 5.53. The number of nitrogens with zero attached hydrogens (tertiary/aromatic N) is 3. The summed E-state index contributed by atoms with van der Waals surface area (Å²) in [5.41, 5.74) is 7.68. The van der Waals surface area contributed by atoms with Crippen LogP contribution in [0, 0.1) is 0 Å². The van der Waals surface area contributed by atoms with E-state index in [1.807, 2.05) is 35.3 Å². The van der Waals surface area contributed by atoms with E-state index in [-0.39, 0.29) is 5.91 Å². The molecule has 3 N–H and O–H groups in total. The highest BCUT2D eigenvalue weighted by Gasteiger charge is 2.09. The molecule has 0 aromatic carbocycles. The van der Waals surface area contributed by atoms with Gasteiger partial charge >= 0.3 is 0 Å². The molecule has 108 valence electrons. The number of carbonyl (C=O) groups excluding carboxylic acids is 1. The summed E-state index contributed by atoms with van der Waals surface area (Å²) in [6.45, 7) is 0.509. The lowest BCUT2D eigenvalue weighted by atomic mass is 10.2. The minimum Gasteiger partial charge on any atom is -0.375 e. The molecule has 7 heteroatoms. The molecular weight excluding hydrogens is 286 g/mol. The van der Waals surface area contributed by atoms with E-state index in [2.05, 4.69) is 15.3 Å². The van der Waals surface area contributed by atoms with Gasteiger partial charge in [0.05, 0.1) is 5.69 Å². The fourth-order valence-electron chi connectivity index (χ4n) is 2.09. The third-order valence-electron chi connectivity index (χ3n) is 3.19. The number of fused-ring (bicyclic) bond motifs is 1. The Morgan fingerprint density at radius 1 is 1.38 bits per heavy atom. The second-order valence-electron chi connectivity index (χ2n) is 4.72. The number of nitrogen functional groups attached to an aromatic ring is 1. The topological polar surface area (TPSA) is 85.8 Å². The monoisotopic (exact) mass is 301 g/mol. The fourth-order valence-corrected chi connectivity index (χ4v) is 2.69. The van der Waals surface area contributed by atoms with Crippen LogP contribution >= 0.6 is 11.3 Å². The second-order valence-corrected chi connectivity index (χ2v) is 5.61. The molecule has 0 aliphatic carbocycles. The number of thiazole rings is 1. The largest absolute Gasteiger partial charge is 0.375 e. The van der Waals surface area contributed by atoms with Crippen molar-refractivity contribution in [3.05, 3.63) is 41.2 Å². The van der Waals surface area contributed by atoms with E-state index in [1.54, 1.807) is 6.07 Å². The number of pyridine rings is 1. The first-order valence-electron chi connectivity index (χ1n) is 6.53. The Balaban J connectivity index is 1.64. The normalized spacial score (nSPS) is 10.9. The number of nitrogens with two attached hydrogens (primary N) is 1. The van der Waals surface area contributed by atoms with E-state index < -0.39 is 0 Å². The molecule has 0 aliphatic heterocycles. The maximum atomic E-state index is 12.1. The van der Waals surface area contributed by atoms with Crippen LogP contribution in [-0.2, 0) is 13.5 Å². The molecule has 6 nitrogen and oxygen atoms in total. The number of rotatable bonds is 4. The molecule has 3 aromatic rings. The van der Waals surface area contributed by atoms with Gasteiger partial charge in [-0.2, -0.15) is 0 Å². The maximum absolute atomic E-state index is 12.1. The molecule has 3 aromatic heterocycles. The summed E-state index contributed by atoms with van der Waals surface area (Å²) < 4.78 is 1.89. The molecule has 0 saturated heterocycles. The van der Waals surface area contributed by atoms with Gasteiger partial charge in [-0.25, -0.2) is 9.97 Å². The van der Waals surface area contributed by atoms with Crippen molar-refractivity contribution < 1.29 is 4.79 Å². The highest BCUT2D eigenvalue weighted by atomic mass is 32.1. The van der Waals surface area contributed by atoms with Gasteiger partial charge in [-0.1, -0.05) is 0 Å². The number of anilines is 1. The molecule has 0 atom stereocenters. The number of hydrogen-bond acceptors (Lipinski definition) is 5. The molecular formula is C14H15N5OS. The molecule has 0 aliphatic rings. The van der Waals surface area contributed by atoms with E-state index in [0.717, 1.165) is 16.7 Å². The molecule has 0 saturated carbocycles. The number of hydrogen-bond donors (Lipinski definition) is 2. The Morgan fingerprint density at radius 3 is 3.00 bits per heavy atom. The predicted octanol–water partition coefficient (Wildman–Crippen LogP) is 1.58. The molecule has 3 rings (SSSR count). The van der Waals surface area contributed by atoms with Crippen LogP contribution < -0.4 is 11.1 Å². The first kappa shape index (κ1) is 13.6. The van der Waals surface area contributed by atoms with Crippen molar-refractivity contribution >= 4 is 33.4 Å². The Labute approximate surface area is 125 Å². The van der Waals surface area contributed by atoms with Crippen LogP contribution in [0.2, 0.25) is 0 Å². The quantitative estimate of drug-likeness (QED) is 0.766. The van der Waals surface area contributed by atoms with Gasteiger partial charge in [-0.05, 0) is 18.2 Å². The van der Waals surface area contributed by atoms with Crippen molar-refractivity contribution in [1.29, 1.82) is 0 Å². The lowest BCUT2D eigenvalue weighted by Gasteiger charge is -2.04. The minimum absolute atomic E-state index is 0.179. The van der Waals surface area contributed by atoms with Crippen LogP contribution in [0.15, 0.2) is 29.8 Å². The summed E-state index contributed by atoms with van der Waals surface area (Å²) >= 11 is 1.40. The molecule has 0 spiro atoms. The van der Waals surface area contributed by atoms with E-state index in [1.165, 1.54) is 11.3 Å². The molecule has 0 unspecified atom stereocenters. The van der Waals surface area contributed by atoms with E-state index in [9.17, 15) is 4.79 Å². The number of nitrogens with one attached hydrogen (secondary N) is 1.